The molecule has 3 aromatic carbocycles. The third kappa shape index (κ3) is 5.19. The van der Waals surface area contributed by atoms with Gasteiger partial charge in [-0.25, -0.2) is 18.6 Å². The summed E-state index contributed by atoms with van der Waals surface area (Å²) in [5, 5.41) is 4.83. The minimum absolute atomic E-state index is 0.0586. The van der Waals surface area contributed by atoms with E-state index < -0.39 is 17.7 Å². The molecule has 5 rings (SSSR count). The summed E-state index contributed by atoms with van der Waals surface area (Å²) in [5.41, 5.74) is 2.97. The van der Waals surface area contributed by atoms with Crippen LogP contribution >= 0.6 is 0 Å². The van der Waals surface area contributed by atoms with Crippen LogP contribution in [0.4, 0.5) is 25.0 Å². The number of aromatic nitrogens is 3. The van der Waals surface area contributed by atoms with E-state index in [2.05, 4.69) is 25.6 Å². The van der Waals surface area contributed by atoms with Crippen molar-refractivity contribution in [2.45, 2.75) is 0 Å². The van der Waals surface area contributed by atoms with Crippen LogP contribution in [0.1, 0.15) is 0 Å². The second-order valence-electron chi connectivity index (χ2n) is 7.48. The van der Waals surface area contributed by atoms with Crippen molar-refractivity contribution in [2.75, 3.05) is 10.6 Å². The largest absolute Gasteiger partial charge is 0.457 e. The number of carbonyl (C=O) groups is 1. The quantitative estimate of drug-likeness (QED) is 0.311. The molecule has 0 unspecified atom stereocenters. The number of amides is 2. The fourth-order valence-corrected chi connectivity index (χ4v) is 3.36. The zero-order chi connectivity index (χ0) is 24.2. The van der Waals surface area contributed by atoms with Gasteiger partial charge in [-0.05, 0) is 54.6 Å². The van der Waals surface area contributed by atoms with E-state index >= 15 is 0 Å². The molecule has 2 aromatic heterocycles. The Morgan fingerprint density at radius 2 is 1.69 bits per heavy atom. The lowest BCUT2D eigenvalue weighted by Crippen LogP contribution is -2.20. The maximum absolute atomic E-state index is 14.6. The average Bonchev–Trinajstić information content (AvgIpc) is 2.86. The Balaban J connectivity index is 1.30. The molecule has 2 amide bonds. The van der Waals surface area contributed by atoms with Crippen LogP contribution in [0.3, 0.4) is 0 Å². The zero-order valence-corrected chi connectivity index (χ0v) is 18.1. The van der Waals surface area contributed by atoms with Gasteiger partial charge in [0, 0.05) is 35.8 Å². The summed E-state index contributed by atoms with van der Waals surface area (Å²) in [4.78, 5) is 25.3. The number of fused-ring (bicyclic) bond motifs is 1. The van der Waals surface area contributed by atoms with Crippen molar-refractivity contribution in [3.63, 3.8) is 0 Å². The number of ether oxygens (including phenoxy) is 1. The van der Waals surface area contributed by atoms with Crippen LogP contribution in [0, 0.1) is 11.6 Å². The summed E-state index contributed by atoms with van der Waals surface area (Å²) in [5.74, 6) is -0.520. The molecule has 0 fully saturated rings. The Hall–Kier alpha value is -4.92. The van der Waals surface area contributed by atoms with Crippen LogP contribution in [0.5, 0.6) is 11.5 Å². The number of nitrogens with zero attached hydrogens (tertiary/aromatic N) is 3. The average molecular weight is 469 g/mol. The lowest BCUT2D eigenvalue weighted by molar-refractivity contribution is 0.262. The Kier molecular flexibility index (Phi) is 5.96. The molecule has 172 valence electrons. The molecule has 0 atom stereocenters. The van der Waals surface area contributed by atoms with Gasteiger partial charge in [-0.2, -0.15) is 0 Å². The summed E-state index contributed by atoms with van der Waals surface area (Å²) in [6.07, 6.45) is 5.05. The zero-order valence-electron chi connectivity index (χ0n) is 18.1. The predicted molar refractivity (Wildman–Crippen MR) is 128 cm³/mol. The summed E-state index contributed by atoms with van der Waals surface area (Å²) >= 11 is 0. The maximum atomic E-state index is 14.6. The number of hydrogen-bond donors (Lipinski definition) is 2. The van der Waals surface area contributed by atoms with Gasteiger partial charge < -0.3 is 15.4 Å². The third-order valence-corrected chi connectivity index (χ3v) is 4.98. The van der Waals surface area contributed by atoms with Crippen LogP contribution in [0.2, 0.25) is 0 Å². The van der Waals surface area contributed by atoms with Crippen molar-refractivity contribution in [3.8, 4) is 22.8 Å². The highest BCUT2D eigenvalue weighted by molar-refractivity contribution is 5.99. The molecule has 0 aliphatic rings. The smallest absolute Gasteiger partial charge is 0.323 e. The molecule has 5 aromatic rings. The van der Waals surface area contributed by atoms with E-state index in [1.807, 2.05) is 12.1 Å². The molecular formula is C26H17F2N5O2. The molecule has 0 aliphatic heterocycles. The van der Waals surface area contributed by atoms with Crippen LogP contribution in [-0.4, -0.2) is 21.0 Å². The van der Waals surface area contributed by atoms with E-state index in [1.54, 1.807) is 36.8 Å². The van der Waals surface area contributed by atoms with E-state index in [0.29, 0.717) is 22.5 Å². The monoisotopic (exact) mass is 469 g/mol. The van der Waals surface area contributed by atoms with Crippen molar-refractivity contribution in [1.29, 1.82) is 0 Å². The number of halogens is 2. The lowest BCUT2D eigenvalue weighted by Gasteiger charge is -2.11. The summed E-state index contributed by atoms with van der Waals surface area (Å²) in [6, 6.07) is 17.6. The van der Waals surface area contributed by atoms with Gasteiger partial charge in [-0.15, -0.1) is 0 Å². The summed E-state index contributed by atoms with van der Waals surface area (Å²) in [7, 11) is 0. The van der Waals surface area contributed by atoms with Crippen LogP contribution < -0.4 is 15.4 Å². The topological polar surface area (TPSA) is 89.0 Å². The van der Waals surface area contributed by atoms with Crippen molar-refractivity contribution >= 4 is 28.4 Å². The second kappa shape index (κ2) is 9.52. The van der Waals surface area contributed by atoms with Gasteiger partial charge in [0.05, 0.1) is 28.6 Å². The van der Waals surface area contributed by atoms with Crippen molar-refractivity contribution in [2.24, 2.45) is 0 Å². The highest BCUT2D eigenvalue weighted by Crippen LogP contribution is 2.28. The second-order valence-corrected chi connectivity index (χ2v) is 7.48. The first kappa shape index (κ1) is 21.9. The molecule has 0 aliphatic carbocycles. The molecule has 2 N–H and O–H groups in total. The van der Waals surface area contributed by atoms with Gasteiger partial charge in [-0.3, -0.25) is 9.97 Å². The van der Waals surface area contributed by atoms with Gasteiger partial charge in [0.15, 0.2) is 0 Å². The molecule has 35 heavy (non-hydrogen) atoms. The van der Waals surface area contributed by atoms with E-state index in [-0.39, 0.29) is 17.1 Å². The van der Waals surface area contributed by atoms with E-state index in [0.717, 1.165) is 17.7 Å². The molecule has 0 bridgehead atoms. The first-order valence-electron chi connectivity index (χ1n) is 10.5. The van der Waals surface area contributed by atoms with Crippen molar-refractivity contribution in [1.82, 2.24) is 15.0 Å². The number of nitrogens with one attached hydrogen (secondary N) is 2. The minimum atomic E-state index is -0.708. The van der Waals surface area contributed by atoms with Gasteiger partial charge in [0.2, 0.25) is 0 Å². The normalized spacial score (nSPS) is 10.7. The van der Waals surface area contributed by atoms with E-state index in [9.17, 15) is 13.6 Å². The number of pyridine rings is 1. The van der Waals surface area contributed by atoms with Crippen LogP contribution in [0.15, 0.2) is 91.4 Å². The predicted octanol–water partition coefficient (Wildman–Crippen LogP) is 6.41. The standard InChI is InChI=1S/C26H17F2N5O2/c27-17-4-1-5-18(11-17)31-26(34)33-22-8-6-19(12-21(22)28)35-20-7-9-23-24(13-20)32-25(15-30-23)16-3-2-10-29-14-16/h1-15H,(H2,31,33,34). The molecule has 0 spiro atoms. The lowest BCUT2D eigenvalue weighted by atomic mass is 10.2. The number of hydrogen-bond acceptors (Lipinski definition) is 5. The fraction of sp³-hybridized carbons (Fsp3) is 0. The summed E-state index contributed by atoms with van der Waals surface area (Å²) < 4.78 is 33.7. The molecule has 9 heteroatoms. The number of rotatable bonds is 5. The number of carbonyl (C=O) groups excluding carboxylic acids is 1. The van der Waals surface area contributed by atoms with Gasteiger partial charge in [-0.1, -0.05) is 6.07 Å². The maximum Gasteiger partial charge on any atom is 0.323 e. The van der Waals surface area contributed by atoms with Crippen molar-refractivity contribution in [3.05, 3.63) is 103 Å². The minimum Gasteiger partial charge on any atom is -0.457 e. The Morgan fingerprint density at radius 3 is 2.49 bits per heavy atom. The van der Waals surface area contributed by atoms with E-state index in [4.69, 9.17) is 4.74 Å². The Bertz CT molecular complexity index is 1530. The molecule has 0 saturated carbocycles. The fourth-order valence-electron chi connectivity index (χ4n) is 3.36. The van der Waals surface area contributed by atoms with Crippen molar-refractivity contribution < 1.29 is 18.3 Å². The molecular weight excluding hydrogens is 452 g/mol. The Morgan fingerprint density at radius 1 is 0.829 bits per heavy atom. The number of anilines is 2. The number of benzene rings is 3. The van der Waals surface area contributed by atoms with Crippen LogP contribution in [-0.2, 0) is 0 Å². The van der Waals surface area contributed by atoms with Crippen LogP contribution in [0.25, 0.3) is 22.3 Å². The molecule has 0 radical (unpaired) electrons. The SMILES string of the molecule is O=C(Nc1cccc(F)c1)Nc1ccc(Oc2ccc3ncc(-c4cccnc4)nc3c2)cc1F. The van der Waals surface area contributed by atoms with Gasteiger partial charge >= 0.3 is 6.03 Å². The van der Waals surface area contributed by atoms with Gasteiger partial charge in [0.1, 0.15) is 23.1 Å². The molecule has 7 nitrogen and oxygen atoms in total. The van der Waals surface area contributed by atoms with E-state index in [1.165, 1.54) is 30.3 Å². The molecule has 2 heterocycles. The highest BCUT2D eigenvalue weighted by atomic mass is 19.1. The number of urea groups is 1. The summed E-state index contributed by atoms with van der Waals surface area (Å²) in [6.45, 7) is 0. The first-order valence-corrected chi connectivity index (χ1v) is 10.5. The Labute approximate surface area is 198 Å². The highest BCUT2D eigenvalue weighted by Gasteiger charge is 2.11. The van der Waals surface area contributed by atoms with Gasteiger partial charge in [0.25, 0.3) is 0 Å². The third-order valence-electron chi connectivity index (χ3n) is 4.98. The first-order chi connectivity index (χ1) is 17.0. The molecule has 0 saturated heterocycles.